The minimum atomic E-state index is -0.147. The average Bonchev–Trinajstić information content (AvgIpc) is 3.21. The Bertz CT molecular complexity index is 712. The molecule has 1 amide bonds. The van der Waals surface area contributed by atoms with E-state index >= 15 is 0 Å². The van der Waals surface area contributed by atoms with Gasteiger partial charge in [0.1, 0.15) is 0 Å². The molecule has 0 unspecified atom stereocenters. The molecule has 0 saturated heterocycles. The molecule has 0 spiro atoms. The van der Waals surface area contributed by atoms with E-state index in [4.69, 9.17) is 5.73 Å². The molecule has 0 radical (unpaired) electrons. The van der Waals surface area contributed by atoms with Gasteiger partial charge in [0.15, 0.2) is 0 Å². The van der Waals surface area contributed by atoms with Crippen LogP contribution in [0, 0.1) is 17.3 Å². The molecule has 3 aliphatic carbocycles. The van der Waals surface area contributed by atoms with Crippen LogP contribution in [0.1, 0.15) is 126 Å². The maximum atomic E-state index is 10.8. The lowest BCUT2D eigenvalue weighted by molar-refractivity contribution is -0.118. The predicted molar refractivity (Wildman–Crippen MR) is 130 cm³/mol. The molecule has 31 heavy (non-hydrogen) atoms. The number of hydrogen-bond donors (Lipinski definition) is 1. The van der Waals surface area contributed by atoms with Crippen LogP contribution in [-0.4, -0.2) is 5.91 Å². The second kappa shape index (κ2) is 11.0. The number of aryl methyl sites for hydroxylation is 1. The maximum absolute atomic E-state index is 10.8. The summed E-state index contributed by atoms with van der Waals surface area (Å²) in [5.41, 5.74) is 9.27. The Labute approximate surface area is 190 Å². The summed E-state index contributed by atoms with van der Waals surface area (Å²) in [6.07, 6.45) is 24.2. The van der Waals surface area contributed by atoms with Crippen LogP contribution in [0.25, 0.3) is 0 Å². The summed E-state index contributed by atoms with van der Waals surface area (Å²) < 4.78 is 0. The molecule has 2 saturated carbocycles. The van der Waals surface area contributed by atoms with Crippen molar-refractivity contribution in [2.75, 3.05) is 0 Å². The largest absolute Gasteiger partial charge is 0.370 e. The zero-order valence-electron chi connectivity index (χ0n) is 19.8. The minimum Gasteiger partial charge on any atom is -0.370 e. The smallest absolute Gasteiger partial charge is 0.217 e. The van der Waals surface area contributed by atoms with Crippen LogP contribution in [0.3, 0.4) is 0 Å². The molecule has 2 heteroatoms. The number of nitrogens with two attached hydrogens (primary N) is 1. The molecule has 2 nitrogen and oxygen atoms in total. The van der Waals surface area contributed by atoms with Crippen molar-refractivity contribution in [2.45, 2.75) is 121 Å². The highest BCUT2D eigenvalue weighted by Crippen LogP contribution is 2.62. The lowest BCUT2D eigenvalue weighted by atomic mass is 9.54. The van der Waals surface area contributed by atoms with Gasteiger partial charge < -0.3 is 5.73 Å². The van der Waals surface area contributed by atoms with Gasteiger partial charge in [-0.2, -0.15) is 0 Å². The van der Waals surface area contributed by atoms with Gasteiger partial charge >= 0.3 is 0 Å². The molecule has 2 fully saturated rings. The Balaban J connectivity index is 1.16. The summed E-state index contributed by atoms with van der Waals surface area (Å²) in [7, 11) is 0. The van der Waals surface area contributed by atoms with E-state index in [-0.39, 0.29) is 5.91 Å². The lowest BCUT2D eigenvalue weighted by Gasteiger charge is -2.51. The Kier molecular flexibility index (Phi) is 8.13. The van der Waals surface area contributed by atoms with Crippen molar-refractivity contribution in [3.05, 3.63) is 35.4 Å². The molecule has 1 aromatic rings. The molecule has 0 aliphatic heterocycles. The number of primary amides is 1. The van der Waals surface area contributed by atoms with E-state index in [9.17, 15) is 4.79 Å². The number of carbonyl (C=O) groups is 1. The van der Waals surface area contributed by atoms with E-state index < -0.39 is 0 Å². The van der Waals surface area contributed by atoms with Gasteiger partial charge in [0.2, 0.25) is 5.91 Å². The van der Waals surface area contributed by atoms with Crippen molar-refractivity contribution in [3.63, 3.8) is 0 Å². The summed E-state index contributed by atoms with van der Waals surface area (Å²) in [6, 6.07) is 9.36. The topological polar surface area (TPSA) is 43.1 Å². The number of fused-ring (bicyclic) bond motifs is 5. The molecule has 3 aliphatic rings. The Morgan fingerprint density at radius 2 is 1.58 bits per heavy atom. The van der Waals surface area contributed by atoms with Gasteiger partial charge in [-0.25, -0.2) is 0 Å². The Morgan fingerprint density at radius 1 is 0.871 bits per heavy atom. The molecule has 4 atom stereocenters. The monoisotopic (exact) mass is 423 g/mol. The van der Waals surface area contributed by atoms with Gasteiger partial charge in [0.25, 0.3) is 0 Å². The second-order valence-corrected chi connectivity index (χ2v) is 11.1. The molecular weight excluding hydrogens is 378 g/mol. The minimum absolute atomic E-state index is 0.147. The molecule has 0 bridgehead atoms. The van der Waals surface area contributed by atoms with Crippen LogP contribution in [0.4, 0.5) is 0 Å². The van der Waals surface area contributed by atoms with Gasteiger partial charge in [-0.3, -0.25) is 4.79 Å². The van der Waals surface area contributed by atoms with Gasteiger partial charge in [0.05, 0.1) is 0 Å². The Hall–Kier alpha value is -1.31. The van der Waals surface area contributed by atoms with E-state index in [2.05, 4.69) is 24.3 Å². The molecule has 2 N–H and O–H groups in total. The summed E-state index contributed by atoms with van der Waals surface area (Å²) in [4.78, 5) is 10.8. The standard InChI is InChI=1S/C29H45NO/c30-28(31)16-8-6-4-2-1-3-5-7-11-20-29-21-12-15-27(29)26-18-17-23-13-9-10-14-24(23)25(26)19-22-29/h9-10,13-14,25-27H,1-8,11-12,15-22H2,(H2,30,31)/t25-,26-,27+,29+/m1/s1. The quantitative estimate of drug-likeness (QED) is 0.344. The first-order valence-electron chi connectivity index (χ1n) is 13.6. The molecule has 0 aromatic heterocycles. The first kappa shape index (κ1) is 22.9. The lowest BCUT2D eigenvalue weighted by Crippen LogP contribution is -2.41. The van der Waals surface area contributed by atoms with Crippen LogP contribution in [-0.2, 0) is 11.2 Å². The number of unbranched alkanes of at least 4 members (excludes halogenated alkanes) is 8. The van der Waals surface area contributed by atoms with E-state index in [0.29, 0.717) is 11.8 Å². The fraction of sp³-hybridized carbons (Fsp3) is 0.759. The van der Waals surface area contributed by atoms with E-state index in [1.54, 1.807) is 11.1 Å². The molecule has 1 aromatic carbocycles. The van der Waals surface area contributed by atoms with Gasteiger partial charge in [0, 0.05) is 6.42 Å². The fourth-order valence-electron chi connectivity index (χ4n) is 7.77. The number of carbonyl (C=O) groups excluding carboxylic acids is 1. The Morgan fingerprint density at radius 3 is 2.35 bits per heavy atom. The van der Waals surface area contributed by atoms with Crippen LogP contribution in [0.15, 0.2) is 24.3 Å². The molecule has 172 valence electrons. The second-order valence-electron chi connectivity index (χ2n) is 11.1. The average molecular weight is 424 g/mol. The van der Waals surface area contributed by atoms with E-state index in [1.165, 1.54) is 103 Å². The highest BCUT2D eigenvalue weighted by molar-refractivity contribution is 5.73. The SMILES string of the molecule is NC(=O)CCCCCCCCCCC[C@@]12CCC[C@H]1[C@@H]1CCc3ccccc3[C@H]1CC2. The van der Waals surface area contributed by atoms with Gasteiger partial charge in [-0.1, -0.05) is 82.1 Å². The maximum Gasteiger partial charge on any atom is 0.217 e. The summed E-state index contributed by atoms with van der Waals surface area (Å²) >= 11 is 0. The van der Waals surface area contributed by atoms with Crippen molar-refractivity contribution in [2.24, 2.45) is 23.0 Å². The summed E-state index contributed by atoms with van der Waals surface area (Å²) in [5, 5.41) is 0. The van der Waals surface area contributed by atoms with Gasteiger partial charge in [-0.05, 0) is 85.7 Å². The van der Waals surface area contributed by atoms with Crippen molar-refractivity contribution < 1.29 is 4.79 Å². The number of rotatable bonds is 12. The number of benzene rings is 1. The normalized spacial score (nSPS) is 29.2. The van der Waals surface area contributed by atoms with Crippen molar-refractivity contribution in [1.82, 2.24) is 0 Å². The van der Waals surface area contributed by atoms with E-state index in [1.807, 2.05) is 0 Å². The highest BCUT2D eigenvalue weighted by atomic mass is 16.1. The van der Waals surface area contributed by atoms with Crippen molar-refractivity contribution >= 4 is 5.91 Å². The zero-order valence-corrected chi connectivity index (χ0v) is 19.8. The summed E-state index contributed by atoms with van der Waals surface area (Å²) in [5.74, 6) is 2.70. The number of amides is 1. The predicted octanol–water partition coefficient (Wildman–Crippen LogP) is 7.69. The van der Waals surface area contributed by atoms with E-state index in [0.717, 1.165) is 24.2 Å². The van der Waals surface area contributed by atoms with Crippen LogP contribution in [0.2, 0.25) is 0 Å². The van der Waals surface area contributed by atoms with Crippen LogP contribution < -0.4 is 5.73 Å². The number of hydrogen-bond acceptors (Lipinski definition) is 1. The third kappa shape index (κ3) is 5.55. The first-order valence-corrected chi connectivity index (χ1v) is 13.6. The van der Waals surface area contributed by atoms with Crippen molar-refractivity contribution in [3.8, 4) is 0 Å². The first-order chi connectivity index (χ1) is 15.2. The highest BCUT2D eigenvalue weighted by Gasteiger charge is 2.51. The third-order valence-electron chi connectivity index (χ3n) is 9.26. The third-order valence-corrected chi connectivity index (χ3v) is 9.26. The van der Waals surface area contributed by atoms with Crippen molar-refractivity contribution in [1.29, 1.82) is 0 Å². The van der Waals surface area contributed by atoms with Gasteiger partial charge in [-0.15, -0.1) is 0 Å². The summed E-state index contributed by atoms with van der Waals surface area (Å²) in [6.45, 7) is 0. The molecular formula is C29H45NO. The fourth-order valence-corrected chi connectivity index (χ4v) is 7.77. The van der Waals surface area contributed by atoms with Crippen LogP contribution in [0.5, 0.6) is 0 Å². The zero-order chi connectivity index (χ0) is 21.5. The van der Waals surface area contributed by atoms with Crippen LogP contribution >= 0.6 is 0 Å². The molecule has 4 rings (SSSR count). The molecule has 0 heterocycles.